The van der Waals surface area contributed by atoms with Crippen molar-refractivity contribution in [2.24, 2.45) is 0 Å². The Balaban J connectivity index is 1.65. The molecule has 2 aromatic carbocycles. The Hall–Kier alpha value is -2.69. The third-order valence-electron chi connectivity index (χ3n) is 4.36. The molecule has 1 aliphatic heterocycles. The predicted molar refractivity (Wildman–Crippen MR) is 99.9 cm³/mol. The van der Waals surface area contributed by atoms with Crippen molar-refractivity contribution in [3.05, 3.63) is 53.6 Å². The topological polar surface area (TPSA) is 56.8 Å². The fourth-order valence-corrected chi connectivity index (χ4v) is 2.89. The van der Waals surface area contributed by atoms with Crippen molar-refractivity contribution in [3.63, 3.8) is 0 Å². The molecule has 0 aliphatic carbocycles. The molecule has 1 aliphatic rings. The molecular weight excluding hydrogens is 330 g/mol. The van der Waals surface area contributed by atoms with Gasteiger partial charge >= 0.3 is 0 Å². The summed E-state index contributed by atoms with van der Waals surface area (Å²) in [5.74, 6) is 2.04. The summed E-state index contributed by atoms with van der Waals surface area (Å²) in [6.45, 7) is 6.99. The Morgan fingerprint density at radius 1 is 1.15 bits per heavy atom. The van der Waals surface area contributed by atoms with Gasteiger partial charge in [-0.3, -0.25) is 4.79 Å². The van der Waals surface area contributed by atoms with Crippen LogP contribution < -0.4 is 19.5 Å². The minimum absolute atomic E-state index is 0.128. The molecule has 5 heteroatoms. The van der Waals surface area contributed by atoms with Crippen LogP contribution >= 0.6 is 0 Å². The molecule has 0 radical (unpaired) electrons. The highest BCUT2D eigenvalue weighted by Crippen LogP contribution is 2.32. The number of carbonyl (C=O) groups excluding carboxylic acids is 1. The van der Waals surface area contributed by atoms with Crippen LogP contribution in [0.15, 0.2) is 42.5 Å². The monoisotopic (exact) mass is 355 g/mol. The van der Waals surface area contributed by atoms with Gasteiger partial charge in [-0.2, -0.15) is 0 Å². The van der Waals surface area contributed by atoms with Gasteiger partial charge in [-0.25, -0.2) is 0 Å². The van der Waals surface area contributed by atoms with Crippen LogP contribution in [-0.4, -0.2) is 25.2 Å². The van der Waals surface area contributed by atoms with Gasteiger partial charge in [-0.05, 0) is 55.7 Å². The minimum atomic E-state index is -0.531. The SMILES string of the molecule is CCC(Oc1cccc(C)c1)C(=O)NC(C)c1ccc2c(c1)OCCO2. The van der Waals surface area contributed by atoms with Gasteiger partial charge < -0.3 is 19.5 Å². The number of aryl methyl sites for hydroxylation is 1. The van der Waals surface area contributed by atoms with Gasteiger partial charge in [0.15, 0.2) is 17.6 Å². The maximum absolute atomic E-state index is 12.6. The number of nitrogens with one attached hydrogen (secondary N) is 1. The Labute approximate surface area is 154 Å². The summed E-state index contributed by atoms with van der Waals surface area (Å²) in [6.07, 6.45) is 0.0599. The standard InChI is InChI=1S/C21H25NO4/c1-4-18(26-17-7-5-6-14(2)12-17)21(23)22-15(3)16-8-9-19-20(13-16)25-11-10-24-19/h5-9,12-13,15,18H,4,10-11H2,1-3H3,(H,22,23). The average molecular weight is 355 g/mol. The molecule has 1 amide bonds. The highest BCUT2D eigenvalue weighted by Gasteiger charge is 2.22. The van der Waals surface area contributed by atoms with E-state index in [1.165, 1.54) is 0 Å². The Kier molecular flexibility index (Phi) is 5.66. The number of hydrogen-bond acceptors (Lipinski definition) is 4. The number of amides is 1. The van der Waals surface area contributed by atoms with E-state index in [0.717, 1.165) is 22.6 Å². The smallest absolute Gasteiger partial charge is 0.261 e. The molecule has 1 N–H and O–H groups in total. The minimum Gasteiger partial charge on any atom is -0.486 e. The van der Waals surface area contributed by atoms with E-state index < -0.39 is 6.10 Å². The number of ether oxygens (including phenoxy) is 3. The van der Waals surface area contributed by atoms with E-state index in [-0.39, 0.29) is 11.9 Å². The summed E-state index contributed by atoms with van der Waals surface area (Å²) in [4.78, 5) is 12.6. The molecule has 0 fully saturated rings. The number of carbonyl (C=O) groups is 1. The van der Waals surface area contributed by atoms with Crippen molar-refractivity contribution in [1.82, 2.24) is 5.32 Å². The van der Waals surface area contributed by atoms with E-state index in [1.807, 2.05) is 63.2 Å². The predicted octanol–water partition coefficient (Wildman–Crippen LogP) is 3.80. The van der Waals surface area contributed by atoms with Crippen molar-refractivity contribution in [1.29, 1.82) is 0 Å². The van der Waals surface area contributed by atoms with Crippen LogP contribution in [0, 0.1) is 6.92 Å². The van der Waals surface area contributed by atoms with E-state index in [0.29, 0.717) is 25.4 Å². The number of fused-ring (bicyclic) bond motifs is 1. The van der Waals surface area contributed by atoms with Gasteiger partial charge in [-0.1, -0.05) is 25.1 Å². The number of rotatable bonds is 6. The first-order valence-electron chi connectivity index (χ1n) is 9.00. The molecule has 0 bridgehead atoms. The average Bonchev–Trinajstić information content (AvgIpc) is 2.65. The van der Waals surface area contributed by atoms with Crippen LogP contribution in [0.4, 0.5) is 0 Å². The summed E-state index contributed by atoms with van der Waals surface area (Å²) in [6, 6.07) is 13.3. The van der Waals surface area contributed by atoms with Gasteiger partial charge in [0.2, 0.25) is 0 Å². The molecule has 26 heavy (non-hydrogen) atoms. The second-order valence-corrected chi connectivity index (χ2v) is 6.46. The first-order chi connectivity index (χ1) is 12.6. The third kappa shape index (κ3) is 4.28. The summed E-state index contributed by atoms with van der Waals surface area (Å²) in [5.41, 5.74) is 2.07. The Morgan fingerprint density at radius 2 is 1.92 bits per heavy atom. The molecule has 3 rings (SSSR count). The molecular formula is C21H25NO4. The highest BCUT2D eigenvalue weighted by molar-refractivity contribution is 5.81. The van der Waals surface area contributed by atoms with E-state index in [2.05, 4.69) is 5.32 Å². The van der Waals surface area contributed by atoms with Gasteiger partial charge in [0.25, 0.3) is 5.91 Å². The zero-order chi connectivity index (χ0) is 18.5. The molecule has 5 nitrogen and oxygen atoms in total. The molecule has 0 saturated heterocycles. The maximum Gasteiger partial charge on any atom is 0.261 e. The summed E-state index contributed by atoms with van der Waals surface area (Å²) in [7, 11) is 0. The summed E-state index contributed by atoms with van der Waals surface area (Å²) < 4.78 is 17.0. The van der Waals surface area contributed by atoms with Crippen molar-refractivity contribution in [2.45, 2.75) is 39.3 Å². The van der Waals surface area contributed by atoms with Crippen LogP contribution in [0.3, 0.4) is 0 Å². The van der Waals surface area contributed by atoms with Crippen LogP contribution in [0.25, 0.3) is 0 Å². The van der Waals surface area contributed by atoms with E-state index >= 15 is 0 Å². The highest BCUT2D eigenvalue weighted by atomic mass is 16.6. The van der Waals surface area contributed by atoms with E-state index in [9.17, 15) is 4.79 Å². The fraction of sp³-hybridized carbons (Fsp3) is 0.381. The maximum atomic E-state index is 12.6. The molecule has 2 unspecified atom stereocenters. The summed E-state index contributed by atoms with van der Waals surface area (Å²) >= 11 is 0. The van der Waals surface area contributed by atoms with Crippen LogP contribution in [0.1, 0.15) is 37.4 Å². The first-order valence-corrected chi connectivity index (χ1v) is 9.00. The second kappa shape index (κ2) is 8.13. The Morgan fingerprint density at radius 3 is 2.65 bits per heavy atom. The lowest BCUT2D eigenvalue weighted by atomic mass is 10.1. The molecule has 138 valence electrons. The molecule has 2 aromatic rings. The van der Waals surface area contributed by atoms with Crippen molar-refractivity contribution in [2.75, 3.05) is 13.2 Å². The van der Waals surface area contributed by atoms with E-state index in [4.69, 9.17) is 14.2 Å². The molecule has 2 atom stereocenters. The normalized spacial score (nSPS) is 15.0. The largest absolute Gasteiger partial charge is 0.486 e. The van der Waals surface area contributed by atoms with Gasteiger partial charge in [0.05, 0.1) is 6.04 Å². The third-order valence-corrected chi connectivity index (χ3v) is 4.36. The van der Waals surface area contributed by atoms with Gasteiger partial charge in [0.1, 0.15) is 19.0 Å². The molecule has 0 saturated carbocycles. The van der Waals surface area contributed by atoms with Crippen molar-refractivity contribution in [3.8, 4) is 17.2 Å². The molecule has 1 heterocycles. The van der Waals surface area contributed by atoms with Crippen LogP contribution in [0.2, 0.25) is 0 Å². The quantitative estimate of drug-likeness (QED) is 0.856. The number of benzene rings is 2. The second-order valence-electron chi connectivity index (χ2n) is 6.46. The lowest BCUT2D eigenvalue weighted by Crippen LogP contribution is -2.39. The van der Waals surface area contributed by atoms with Gasteiger partial charge in [-0.15, -0.1) is 0 Å². The lowest BCUT2D eigenvalue weighted by Gasteiger charge is -2.23. The molecule has 0 aromatic heterocycles. The fourth-order valence-electron chi connectivity index (χ4n) is 2.89. The van der Waals surface area contributed by atoms with Crippen LogP contribution in [0.5, 0.6) is 17.2 Å². The zero-order valence-electron chi connectivity index (χ0n) is 15.5. The number of hydrogen-bond donors (Lipinski definition) is 1. The van der Waals surface area contributed by atoms with E-state index in [1.54, 1.807) is 0 Å². The zero-order valence-corrected chi connectivity index (χ0v) is 15.5. The van der Waals surface area contributed by atoms with Crippen molar-refractivity contribution >= 4 is 5.91 Å². The summed E-state index contributed by atoms with van der Waals surface area (Å²) in [5, 5.41) is 3.03. The lowest BCUT2D eigenvalue weighted by molar-refractivity contribution is -0.128. The Bertz CT molecular complexity index is 774. The first kappa shape index (κ1) is 18.1. The van der Waals surface area contributed by atoms with Gasteiger partial charge in [0, 0.05) is 0 Å². The molecule has 0 spiro atoms. The van der Waals surface area contributed by atoms with Crippen molar-refractivity contribution < 1.29 is 19.0 Å². The van der Waals surface area contributed by atoms with Crippen LogP contribution in [-0.2, 0) is 4.79 Å².